The van der Waals surface area contributed by atoms with Crippen LogP contribution in [0.3, 0.4) is 0 Å². The molecule has 0 saturated carbocycles. The van der Waals surface area contributed by atoms with E-state index < -0.39 is 8.56 Å². The van der Waals surface area contributed by atoms with Crippen molar-refractivity contribution in [2.45, 2.75) is 19.0 Å². The van der Waals surface area contributed by atoms with Crippen LogP contribution in [0.1, 0.15) is 6.42 Å². The predicted octanol–water partition coefficient (Wildman–Crippen LogP) is 2.17. The van der Waals surface area contributed by atoms with Gasteiger partial charge in [0.1, 0.15) is 6.73 Å². The minimum absolute atomic E-state index is 0.182. The van der Waals surface area contributed by atoms with Gasteiger partial charge in [0.15, 0.2) is 0 Å². The molecule has 0 saturated heterocycles. The van der Waals surface area contributed by atoms with Gasteiger partial charge in [0, 0.05) is 19.4 Å². The van der Waals surface area contributed by atoms with Gasteiger partial charge < -0.3 is 19.3 Å². The number of hydrogen-bond acceptors (Lipinski definition) is 4. The average Bonchev–Trinajstić information content (AvgIpc) is 2.38. The van der Waals surface area contributed by atoms with Gasteiger partial charge in [-0.15, -0.1) is 0 Å². The molecule has 1 aromatic carbocycles. The first-order valence-electron chi connectivity index (χ1n) is 5.79. The van der Waals surface area contributed by atoms with E-state index in [0.29, 0.717) is 6.73 Å². The summed E-state index contributed by atoms with van der Waals surface area (Å²) in [6, 6.07) is 10.7. The van der Waals surface area contributed by atoms with Gasteiger partial charge in [-0.25, -0.2) is 0 Å². The van der Waals surface area contributed by atoms with Crippen molar-refractivity contribution in [3.05, 3.63) is 30.3 Å². The number of anilines is 1. The summed E-state index contributed by atoms with van der Waals surface area (Å²) >= 11 is 0. The smallest absolute Gasteiger partial charge is 0.336 e. The molecule has 0 radical (unpaired) electrons. The van der Waals surface area contributed by atoms with Crippen LogP contribution in [0.2, 0.25) is 12.6 Å². The van der Waals surface area contributed by atoms with Crippen LogP contribution in [0, 0.1) is 0 Å². The first-order valence-corrected chi connectivity index (χ1v) is 8.31. The maximum absolute atomic E-state index is 8.82. The first-order chi connectivity index (χ1) is 8.20. The van der Waals surface area contributed by atoms with Crippen LogP contribution in [-0.2, 0) is 8.85 Å². The van der Waals surface area contributed by atoms with Crippen molar-refractivity contribution in [3.8, 4) is 0 Å². The summed E-state index contributed by atoms with van der Waals surface area (Å²) in [5.74, 6) is 0. The molecule has 2 N–H and O–H groups in total. The third-order valence-electron chi connectivity index (χ3n) is 2.65. The lowest BCUT2D eigenvalue weighted by Crippen LogP contribution is -2.39. The average molecular weight is 255 g/mol. The number of nitrogens with one attached hydrogen (secondary N) is 1. The zero-order valence-corrected chi connectivity index (χ0v) is 11.5. The Labute approximate surface area is 104 Å². The Kier molecular flexibility index (Phi) is 6.21. The molecule has 0 aromatic heterocycles. The number of para-hydroxylation sites is 1. The molecule has 1 rings (SSSR count). The summed E-state index contributed by atoms with van der Waals surface area (Å²) in [6.45, 7) is 2.63. The van der Waals surface area contributed by atoms with Crippen molar-refractivity contribution in [1.82, 2.24) is 0 Å². The Morgan fingerprint density at radius 1 is 1.29 bits per heavy atom. The van der Waals surface area contributed by atoms with Crippen LogP contribution >= 0.6 is 0 Å². The Morgan fingerprint density at radius 3 is 2.59 bits per heavy atom. The van der Waals surface area contributed by atoms with Gasteiger partial charge in [-0.2, -0.15) is 0 Å². The molecule has 0 heterocycles. The molecule has 0 amide bonds. The molecule has 1 aromatic rings. The zero-order valence-electron chi connectivity index (χ0n) is 10.5. The SMILES string of the molecule is CO[Si](C)(CCCO)OCNc1ccccc1. The van der Waals surface area contributed by atoms with Gasteiger partial charge in [0.05, 0.1) is 0 Å². The van der Waals surface area contributed by atoms with E-state index in [1.54, 1.807) is 7.11 Å². The van der Waals surface area contributed by atoms with Crippen molar-refractivity contribution >= 4 is 14.2 Å². The lowest BCUT2D eigenvalue weighted by atomic mass is 10.3. The van der Waals surface area contributed by atoms with Gasteiger partial charge in [-0.05, 0) is 31.1 Å². The molecule has 0 aliphatic rings. The number of rotatable bonds is 8. The fourth-order valence-electron chi connectivity index (χ4n) is 1.46. The Hall–Kier alpha value is -0.883. The highest BCUT2D eigenvalue weighted by Crippen LogP contribution is 2.15. The number of aliphatic hydroxyl groups is 1. The van der Waals surface area contributed by atoms with E-state index in [-0.39, 0.29) is 6.61 Å². The van der Waals surface area contributed by atoms with E-state index in [4.69, 9.17) is 14.0 Å². The molecule has 0 fully saturated rings. The van der Waals surface area contributed by atoms with Crippen LogP contribution in [0.15, 0.2) is 30.3 Å². The normalized spacial score (nSPS) is 14.3. The van der Waals surface area contributed by atoms with E-state index in [1.807, 2.05) is 36.9 Å². The van der Waals surface area contributed by atoms with Crippen LogP contribution in [0.5, 0.6) is 0 Å². The highest BCUT2D eigenvalue weighted by molar-refractivity contribution is 6.65. The molecular weight excluding hydrogens is 234 g/mol. The Morgan fingerprint density at radius 2 is 2.00 bits per heavy atom. The summed E-state index contributed by atoms with van der Waals surface area (Å²) in [5.41, 5.74) is 1.03. The van der Waals surface area contributed by atoms with Crippen molar-refractivity contribution in [2.24, 2.45) is 0 Å². The molecule has 0 aliphatic carbocycles. The van der Waals surface area contributed by atoms with E-state index in [9.17, 15) is 0 Å². The monoisotopic (exact) mass is 255 g/mol. The second-order valence-electron chi connectivity index (χ2n) is 4.00. The molecule has 17 heavy (non-hydrogen) atoms. The summed E-state index contributed by atoms with van der Waals surface area (Å²) < 4.78 is 11.2. The van der Waals surface area contributed by atoms with Crippen LogP contribution in [0.4, 0.5) is 5.69 Å². The van der Waals surface area contributed by atoms with Crippen LogP contribution < -0.4 is 5.32 Å². The van der Waals surface area contributed by atoms with Gasteiger partial charge >= 0.3 is 8.56 Å². The van der Waals surface area contributed by atoms with Crippen molar-refractivity contribution in [2.75, 3.05) is 25.8 Å². The van der Waals surface area contributed by atoms with E-state index in [0.717, 1.165) is 18.2 Å². The molecule has 1 unspecified atom stereocenters. The lowest BCUT2D eigenvalue weighted by molar-refractivity contribution is 0.211. The number of aliphatic hydroxyl groups excluding tert-OH is 1. The summed E-state index contributed by atoms with van der Waals surface area (Å²) in [4.78, 5) is 0. The molecular formula is C12H21NO3Si. The molecule has 96 valence electrons. The quantitative estimate of drug-likeness (QED) is 0.552. The van der Waals surface area contributed by atoms with Gasteiger partial charge in [-0.1, -0.05) is 18.2 Å². The molecule has 0 aliphatic heterocycles. The second-order valence-corrected chi connectivity index (χ2v) is 7.46. The predicted molar refractivity (Wildman–Crippen MR) is 71.2 cm³/mol. The third kappa shape index (κ3) is 5.32. The maximum Gasteiger partial charge on any atom is 0.336 e. The van der Waals surface area contributed by atoms with Crippen LogP contribution in [0.25, 0.3) is 0 Å². The summed E-state index contributed by atoms with van der Waals surface area (Å²) in [5, 5.41) is 12.0. The molecule has 1 atom stereocenters. The maximum atomic E-state index is 8.82. The van der Waals surface area contributed by atoms with Crippen molar-refractivity contribution < 1.29 is 14.0 Å². The minimum Gasteiger partial charge on any atom is -0.398 e. The second kappa shape index (κ2) is 7.44. The van der Waals surface area contributed by atoms with E-state index in [1.165, 1.54) is 0 Å². The fourth-order valence-corrected chi connectivity index (χ4v) is 3.11. The van der Waals surface area contributed by atoms with Crippen molar-refractivity contribution in [3.63, 3.8) is 0 Å². The highest BCUT2D eigenvalue weighted by atomic mass is 28.4. The topological polar surface area (TPSA) is 50.7 Å². The highest BCUT2D eigenvalue weighted by Gasteiger charge is 2.29. The summed E-state index contributed by atoms with van der Waals surface area (Å²) in [7, 11) is -0.448. The fraction of sp³-hybridized carbons (Fsp3) is 0.500. The largest absolute Gasteiger partial charge is 0.398 e. The Bertz CT molecular complexity index is 310. The molecule has 5 heteroatoms. The standard InChI is InChI=1S/C12H21NO3Si/c1-15-17(2,10-6-9-14)16-11-13-12-7-4-3-5-8-12/h3-5,7-8,13-14H,6,9-11H2,1-2H3. The van der Waals surface area contributed by atoms with Crippen molar-refractivity contribution in [1.29, 1.82) is 0 Å². The third-order valence-corrected chi connectivity index (χ3v) is 5.53. The molecule has 4 nitrogen and oxygen atoms in total. The minimum atomic E-state index is -2.12. The summed E-state index contributed by atoms with van der Waals surface area (Å²) in [6.07, 6.45) is 0.724. The first kappa shape index (κ1) is 14.2. The number of benzene rings is 1. The lowest BCUT2D eigenvalue weighted by Gasteiger charge is -2.25. The van der Waals surface area contributed by atoms with E-state index >= 15 is 0 Å². The van der Waals surface area contributed by atoms with Gasteiger partial charge in [0.2, 0.25) is 0 Å². The van der Waals surface area contributed by atoms with Gasteiger partial charge in [-0.3, -0.25) is 0 Å². The Balaban J connectivity index is 2.32. The zero-order chi connectivity index (χ0) is 12.6. The van der Waals surface area contributed by atoms with Crippen LogP contribution in [-0.4, -0.2) is 34.1 Å². The van der Waals surface area contributed by atoms with Gasteiger partial charge in [0.25, 0.3) is 0 Å². The van der Waals surface area contributed by atoms with E-state index in [2.05, 4.69) is 5.32 Å². The molecule has 0 bridgehead atoms. The molecule has 0 spiro atoms. The number of hydrogen-bond donors (Lipinski definition) is 2.